The Morgan fingerprint density at radius 1 is 1.04 bits per heavy atom. The monoisotopic (exact) mass is 645 g/mol. The molecule has 1 aromatic carbocycles. The summed E-state index contributed by atoms with van der Waals surface area (Å²) >= 11 is 0. The van der Waals surface area contributed by atoms with Crippen molar-refractivity contribution < 1.29 is 58.9 Å². The van der Waals surface area contributed by atoms with Crippen LogP contribution >= 0.6 is 0 Å². The van der Waals surface area contributed by atoms with E-state index in [0.29, 0.717) is 5.56 Å². The van der Waals surface area contributed by atoms with Crippen molar-refractivity contribution in [3.63, 3.8) is 0 Å². The number of nitrogens with one attached hydrogen (secondary N) is 1. The molecule has 1 saturated heterocycles. The van der Waals surface area contributed by atoms with Crippen molar-refractivity contribution in [1.82, 2.24) is 5.32 Å². The molecule has 3 aliphatic carbocycles. The third-order valence-corrected chi connectivity index (χ3v) is 11.0. The Morgan fingerprint density at radius 3 is 2.22 bits per heavy atom. The van der Waals surface area contributed by atoms with Crippen LogP contribution in [0.5, 0.6) is 0 Å². The molecule has 4 aliphatic rings. The van der Waals surface area contributed by atoms with Gasteiger partial charge in [-0.05, 0) is 30.6 Å². The van der Waals surface area contributed by atoms with E-state index in [-0.39, 0.29) is 24.2 Å². The maximum Gasteiger partial charge on any atom is 0.338 e. The lowest BCUT2D eigenvalue weighted by atomic mass is 9.45. The second-order valence-electron chi connectivity index (χ2n) is 13.9. The molecular weight excluding hydrogens is 602 g/mol. The van der Waals surface area contributed by atoms with E-state index in [9.17, 15) is 44.7 Å². The predicted octanol–water partition coefficient (Wildman–Crippen LogP) is 0.00630. The minimum atomic E-state index is -2.21. The number of hydrogen-bond acceptors (Lipinski definition) is 12. The molecule has 0 aromatic heterocycles. The van der Waals surface area contributed by atoms with Crippen molar-refractivity contribution in [1.29, 1.82) is 0 Å². The van der Waals surface area contributed by atoms with E-state index in [1.54, 1.807) is 44.2 Å². The molecule has 1 heterocycles. The first-order valence-electron chi connectivity index (χ1n) is 15.4. The summed E-state index contributed by atoms with van der Waals surface area (Å²) in [6.45, 7) is 8.05. The Hall–Kier alpha value is -3.20. The number of aliphatic hydroxyl groups is 5. The number of ketones is 1. The fraction of sp³-hybridized carbons (Fsp3) is 0.636. The van der Waals surface area contributed by atoms with E-state index in [2.05, 4.69) is 5.32 Å². The van der Waals surface area contributed by atoms with Gasteiger partial charge in [-0.1, -0.05) is 44.2 Å². The number of amides is 1. The highest BCUT2D eigenvalue weighted by atomic mass is 16.6. The summed E-state index contributed by atoms with van der Waals surface area (Å²) in [6, 6.07) is 7.08. The molecule has 252 valence electrons. The maximum absolute atomic E-state index is 14.3. The number of ether oxygens (including phenoxy) is 3. The highest BCUT2D eigenvalue weighted by molar-refractivity contribution is 5.93. The molecule has 1 aliphatic heterocycles. The molecule has 0 spiro atoms. The first-order chi connectivity index (χ1) is 21.3. The largest absolute Gasteiger partial charge is 0.459 e. The Kier molecular flexibility index (Phi) is 8.53. The molecule has 3 fully saturated rings. The second-order valence-corrected chi connectivity index (χ2v) is 13.9. The van der Waals surface area contributed by atoms with Crippen LogP contribution in [0.2, 0.25) is 0 Å². The average Bonchev–Trinajstić information content (AvgIpc) is 2.98. The first-order valence-corrected chi connectivity index (χ1v) is 15.4. The van der Waals surface area contributed by atoms with E-state index in [1.807, 2.05) is 0 Å². The average molecular weight is 646 g/mol. The van der Waals surface area contributed by atoms with Crippen molar-refractivity contribution in [3.8, 4) is 0 Å². The number of esters is 2. The van der Waals surface area contributed by atoms with Gasteiger partial charge in [0.05, 0.1) is 30.3 Å². The first kappa shape index (κ1) is 34.1. The summed E-state index contributed by atoms with van der Waals surface area (Å²) in [5, 5.41) is 61.5. The van der Waals surface area contributed by atoms with Gasteiger partial charge < -0.3 is 45.1 Å². The summed E-state index contributed by atoms with van der Waals surface area (Å²) in [7, 11) is 0. The quantitative estimate of drug-likeness (QED) is 0.179. The number of hydrogen-bond donors (Lipinski definition) is 6. The molecule has 6 N–H and O–H groups in total. The third-order valence-electron chi connectivity index (χ3n) is 11.0. The van der Waals surface area contributed by atoms with E-state index >= 15 is 0 Å². The van der Waals surface area contributed by atoms with Gasteiger partial charge in [0.1, 0.15) is 29.5 Å². The van der Waals surface area contributed by atoms with Gasteiger partial charge in [0, 0.05) is 38.0 Å². The van der Waals surface area contributed by atoms with Gasteiger partial charge in [-0.2, -0.15) is 0 Å². The zero-order valence-corrected chi connectivity index (χ0v) is 26.7. The van der Waals surface area contributed by atoms with Crippen LogP contribution in [0.15, 0.2) is 41.5 Å². The van der Waals surface area contributed by atoms with Gasteiger partial charge in [-0.25, -0.2) is 4.79 Å². The Bertz CT molecular complexity index is 1460. The summed E-state index contributed by atoms with van der Waals surface area (Å²) in [6.07, 6.45) is -9.80. The van der Waals surface area contributed by atoms with Gasteiger partial charge in [-0.3, -0.25) is 14.4 Å². The van der Waals surface area contributed by atoms with Gasteiger partial charge in [0.2, 0.25) is 5.91 Å². The number of Topliss-reactive ketones (excluding diaryl/α,β-unsaturated/α-hetero) is 1. The number of carbonyl (C=O) groups excluding carboxylic acids is 4. The third kappa shape index (κ3) is 4.90. The van der Waals surface area contributed by atoms with Gasteiger partial charge in [0.25, 0.3) is 0 Å². The smallest absolute Gasteiger partial charge is 0.338 e. The molecule has 1 amide bonds. The normalized spacial score (nSPS) is 39.3. The van der Waals surface area contributed by atoms with Gasteiger partial charge in [-0.15, -0.1) is 0 Å². The fourth-order valence-electron chi connectivity index (χ4n) is 8.37. The predicted molar refractivity (Wildman–Crippen MR) is 158 cm³/mol. The Morgan fingerprint density at radius 2 is 1.67 bits per heavy atom. The minimum absolute atomic E-state index is 0.0111. The number of carbonyl (C=O) groups is 4. The molecule has 0 radical (unpaired) electrons. The lowest BCUT2D eigenvalue weighted by molar-refractivity contribution is -0.345. The zero-order chi connectivity index (χ0) is 34.1. The van der Waals surface area contributed by atoms with E-state index in [0.717, 1.165) is 6.92 Å². The highest BCUT2D eigenvalue weighted by Gasteiger charge is 2.76. The molecule has 1 aromatic rings. The van der Waals surface area contributed by atoms with Crippen molar-refractivity contribution in [2.75, 3.05) is 6.61 Å². The number of benzene rings is 1. The van der Waals surface area contributed by atoms with Crippen LogP contribution in [0.1, 0.15) is 66.0 Å². The molecule has 5 rings (SSSR count). The lowest BCUT2D eigenvalue weighted by Crippen LogP contribution is -2.81. The fourth-order valence-corrected chi connectivity index (χ4v) is 8.37. The molecular formula is C33H43NO12. The molecule has 2 saturated carbocycles. The van der Waals surface area contributed by atoms with Crippen LogP contribution < -0.4 is 5.32 Å². The van der Waals surface area contributed by atoms with Gasteiger partial charge >= 0.3 is 11.9 Å². The topological polar surface area (TPSA) is 209 Å². The summed E-state index contributed by atoms with van der Waals surface area (Å²) in [5.41, 5.74) is -6.83. The molecule has 10 unspecified atom stereocenters. The van der Waals surface area contributed by atoms with Crippen molar-refractivity contribution in [2.45, 2.75) is 108 Å². The molecule has 13 nitrogen and oxygen atoms in total. The number of aliphatic hydroxyl groups excluding tert-OH is 3. The second kappa shape index (κ2) is 11.5. The summed E-state index contributed by atoms with van der Waals surface area (Å²) in [4.78, 5) is 52.5. The lowest BCUT2D eigenvalue weighted by Gasteiger charge is -2.66. The van der Waals surface area contributed by atoms with Crippen molar-refractivity contribution >= 4 is 23.6 Å². The Balaban J connectivity index is 1.63. The minimum Gasteiger partial charge on any atom is -0.459 e. The maximum atomic E-state index is 14.3. The standard InChI is InChI=1S/C33H43NO12/c1-15-19(46-29(41)25(39)23(34-16(2)35)18-10-8-7-9-11-18)13-33(43)28(45-17(3)36)26-31(6,20(37)12-21-32(26,42)14-44-21)27(40)24(38)22(15)30(33,4)5/h7-11,19-21,23-26,28,37-39,42-43H,12-14H2,1-6H3,(H,34,35)/t19?,20?,21?,23?,24?,25?,26?,28?,31-,32?,33?/m1/s1. The van der Waals surface area contributed by atoms with Crippen LogP contribution in [0.3, 0.4) is 0 Å². The zero-order valence-electron chi connectivity index (χ0n) is 26.7. The van der Waals surface area contributed by atoms with E-state index in [1.165, 1.54) is 20.8 Å². The SMILES string of the molecule is CC(=O)NC(c1ccccc1)C(O)C(=O)OC1CC2(O)C(OC(C)=O)C3C4(O)COC4CC(O)[C@@]3(C)C(=O)C(O)C(=C1C)C2(C)C. The van der Waals surface area contributed by atoms with Crippen LogP contribution in [-0.4, -0.2) is 104 Å². The molecule has 11 atom stereocenters. The van der Waals surface area contributed by atoms with Crippen LogP contribution in [0.4, 0.5) is 0 Å². The van der Waals surface area contributed by atoms with E-state index in [4.69, 9.17) is 14.2 Å². The van der Waals surface area contributed by atoms with Crippen LogP contribution in [0, 0.1) is 16.7 Å². The molecule has 46 heavy (non-hydrogen) atoms. The van der Waals surface area contributed by atoms with Crippen molar-refractivity contribution in [2.24, 2.45) is 16.7 Å². The summed E-state index contributed by atoms with van der Waals surface area (Å²) in [5.74, 6) is -4.84. The molecule has 2 bridgehead atoms. The number of fused-ring (bicyclic) bond motifs is 5. The number of rotatable bonds is 6. The van der Waals surface area contributed by atoms with Gasteiger partial charge in [0.15, 0.2) is 11.9 Å². The van der Waals surface area contributed by atoms with Crippen LogP contribution in [0.25, 0.3) is 0 Å². The Labute approximate surface area is 266 Å². The summed E-state index contributed by atoms with van der Waals surface area (Å²) < 4.78 is 17.1. The van der Waals surface area contributed by atoms with Crippen LogP contribution in [-0.2, 0) is 33.4 Å². The van der Waals surface area contributed by atoms with E-state index < -0.39 is 101 Å². The molecule has 13 heteroatoms. The van der Waals surface area contributed by atoms with Crippen molar-refractivity contribution in [3.05, 3.63) is 47.0 Å². The highest BCUT2D eigenvalue weighted by Crippen LogP contribution is 2.63.